The molecule has 50 heavy (non-hydrogen) atoms. The Balaban J connectivity index is 2.13. The van der Waals surface area contributed by atoms with Crippen molar-refractivity contribution in [3.05, 3.63) is 34.9 Å². The second-order valence-corrected chi connectivity index (χ2v) is 14.2. The van der Waals surface area contributed by atoms with Crippen molar-refractivity contribution in [2.45, 2.75) is 104 Å². The van der Waals surface area contributed by atoms with E-state index >= 15 is 0 Å². The number of nitrogens with zero attached hydrogens (tertiary/aromatic N) is 3. The first-order valence-electron chi connectivity index (χ1n) is 17.6. The van der Waals surface area contributed by atoms with Crippen molar-refractivity contribution in [3.8, 4) is 0 Å². The predicted octanol–water partition coefficient (Wildman–Crippen LogP) is 1.95. The van der Waals surface area contributed by atoms with Gasteiger partial charge in [0.05, 0.1) is 61.9 Å². The van der Waals surface area contributed by atoms with Gasteiger partial charge in [-0.15, -0.1) is 0 Å². The molecule has 1 aromatic rings. The minimum absolute atomic E-state index is 0.0511. The molecule has 1 aliphatic rings. The maximum absolute atomic E-state index is 13.9. The summed E-state index contributed by atoms with van der Waals surface area (Å²) in [6.07, 6.45) is -0.848. The van der Waals surface area contributed by atoms with Gasteiger partial charge in [-0.3, -0.25) is 28.9 Å². The van der Waals surface area contributed by atoms with Gasteiger partial charge >= 0.3 is 0 Å². The summed E-state index contributed by atoms with van der Waals surface area (Å²) in [6.45, 7) is 11.0. The van der Waals surface area contributed by atoms with Crippen LogP contribution in [0.3, 0.4) is 0 Å². The summed E-state index contributed by atoms with van der Waals surface area (Å²) in [7, 11) is 8.23. The molecule has 0 aromatic heterocycles. The Labute approximate surface area is 298 Å². The Bertz CT molecular complexity index is 1310. The molecule has 7 atom stereocenters. The third-order valence-electron chi connectivity index (χ3n) is 9.76. The van der Waals surface area contributed by atoms with Gasteiger partial charge in [-0.2, -0.15) is 0 Å². The number of likely N-dealkylation sites (N-methyl/N-ethyl adjacent to an activating group) is 2. The van der Waals surface area contributed by atoms with Crippen LogP contribution in [0.25, 0.3) is 0 Å². The summed E-state index contributed by atoms with van der Waals surface area (Å²) in [4.78, 5) is 71.0. The third kappa shape index (κ3) is 11.3. The molecule has 0 aliphatic carbocycles. The number of β-amino-alcohol motifs (C(OH)–C–C–N with tert-alkyl or cyclic N) is 1. The van der Waals surface area contributed by atoms with E-state index in [9.17, 15) is 29.1 Å². The smallest absolute Gasteiger partial charge is 0.242 e. The summed E-state index contributed by atoms with van der Waals surface area (Å²) in [5, 5.41) is 16.2. The zero-order valence-corrected chi connectivity index (χ0v) is 31.9. The quantitative estimate of drug-likeness (QED) is 0.183. The molecule has 4 amide bonds. The van der Waals surface area contributed by atoms with E-state index in [0.717, 1.165) is 11.1 Å². The van der Waals surface area contributed by atoms with Crippen LogP contribution in [0.5, 0.6) is 0 Å². The molecule has 0 bridgehead atoms. The van der Waals surface area contributed by atoms with Crippen molar-refractivity contribution >= 4 is 29.4 Å². The lowest BCUT2D eigenvalue weighted by atomic mass is 9.93. The van der Waals surface area contributed by atoms with Crippen LogP contribution in [0.1, 0.15) is 74.9 Å². The van der Waals surface area contributed by atoms with Crippen LogP contribution >= 0.6 is 0 Å². The number of nitrogens with one attached hydrogen (secondary N) is 2. The number of ketones is 1. The normalized spacial score (nSPS) is 19.1. The van der Waals surface area contributed by atoms with E-state index in [1.165, 1.54) is 24.0 Å². The third-order valence-corrected chi connectivity index (χ3v) is 9.76. The topological polar surface area (TPSA) is 158 Å². The molecule has 282 valence electrons. The first kappa shape index (κ1) is 42.8. The first-order valence-corrected chi connectivity index (χ1v) is 17.6. The van der Waals surface area contributed by atoms with Crippen LogP contribution in [0.15, 0.2) is 18.2 Å². The summed E-state index contributed by atoms with van der Waals surface area (Å²) >= 11 is 0. The molecular formula is C37H61N5O8. The van der Waals surface area contributed by atoms with Gasteiger partial charge in [0, 0.05) is 33.4 Å². The Morgan fingerprint density at radius 2 is 1.62 bits per heavy atom. The molecule has 5 unspecified atom stereocenters. The predicted molar refractivity (Wildman–Crippen MR) is 192 cm³/mol. The van der Waals surface area contributed by atoms with Crippen LogP contribution in [0.4, 0.5) is 0 Å². The van der Waals surface area contributed by atoms with Crippen molar-refractivity contribution in [1.82, 2.24) is 25.3 Å². The first-order chi connectivity index (χ1) is 23.5. The van der Waals surface area contributed by atoms with Gasteiger partial charge in [-0.1, -0.05) is 57.9 Å². The van der Waals surface area contributed by atoms with Crippen molar-refractivity contribution in [2.24, 2.45) is 11.8 Å². The van der Waals surface area contributed by atoms with Gasteiger partial charge in [0.15, 0.2) is 5.78 Å². The largest absolute Gasteiger partial charge is 0.391 e. The summed E-state index contributed by atoms with van der Waals surface area (Å²) in [5.74, 6) is -2.16. The van der Waals surface area contributed by atoms with Crippen molar-refractivity contribution in [3.63, 3.8) is 0 Å². The molecule has 1 fully saturated rings. The molecule has 0 spiro atoms. The van der Waals surface area contributed by atoms with Gasteiger partial charge in [-0.05, 0) is 52.3 Å². The van der Waals surface area contributed by atoms with Crippen molar-refractivity contribution in [1.29, 1.82) is 0 Å². The number of hydrogen-bond donors (Lipinski definition) is 3. The summed E-state index contributed by atoms with van der Waals surface area (Å²) in [6, 6.07) is 4.06. The van der Waals surface area contributed by atoms with E-state index in [4.69, 9.17) is 9.47 Å². The Morgan fingerprint density at radius 1 is 0.980 bits per heavy atom. The number of likely N-dealkylation sites (tertiary alicyclic amines) is 1. The minimum atomic E-state index is -0.819. The highest BCUT2D eigenvalue weighted by Crippen LogP contribution is 2.29. The van der Waals surface area contributed by atoms with E-state index in [1.54, 1.807) is 20.0 Å². The number of carbonyl (C=O) groups excluding carboxylic acids is 5. The number of aliphatic hydroxyl groups excluding tert-OH is 1. The van der Waals surface area contributed by atoms with Crippen LogP contribution in [-0.4, -0.2) is 141 Å². The monoisotopic (exact) mass is 703 g/mol. The van der Waals surface area contributed by atoms with Crippen LogP contribution in [0.2, 0.25) is 0 Å². The zero-order valence-electron chi connectivity index (χ0n) is 31.9. The number of benzene rings is 1. The molecule has 1 heterocycles. The van der Waals surface area contributed by atoms with E-state index < -0.39 is 42.2 Å². The molecule has 0 saturated carbocycles. The van der Waals surface area contributed by atoms with Gasteiger partial charge in [0.2, 0.25) is 23.6 Å². The molecular weight excluding hydrogens is 642 g/mol. The van der Waals surface area contributed by atoms with Crippen LogP contribution in [0, 0.1) is 25.7 Å². The molecule has 2 rings (SSSR count). The molecule has 1 saturated heterocycles. The SMILES string of the molecule is CCC[C@@H](C(CC(=O)N1CC(O)C[C@H]1C(OC)C(C)C(=O)NCC(=O)c1ccc(C)cc1C)OC)N(C)C(=O)CNC(=O)C(C(C)C)N(C)C. The number of aliphatic hydroxyl groups is 1. The summed E-state index contributed by atoms with van der Waals surface area (Å²) < 4.78 is 11.6. The lowest BCUT2D eigenvalue weighted by Gasteiger charge is -2.37. The van der Waals surface area contributed by atoms with Gasteiger partial charge in [0.25, 0.3) is 0 Å². The highest BCUT2D eigenvalue weighted by Gasteiger charge is 2.44. The standard InChI is InChI=1S/C37H61N5O8/c1-12-13-28(41(9)33(46)20-39-37(48)34(22(2)3)40(7)8)31(49-10)18-32(45)42-21-26(43)17-29(42)35(50-11)25(6)36(47)38-19-30(44)27-15-14-23(4)16-24(27)5/h14-16,22,25-26,28-29,31,34-35,43H,12-13,17-21H2,1-11H3,(H,38,47)(H,39,48)/t25?,26?,28-,29-,31?,34?,35?/m0/s1. The fourth-order valence-electron chi connectivity index (χ4n) is 7.14. The Hall–Kier alpha value is -3.39. The van der Waals surface area contributed by atoms with Gasteiger partial charge in [0.1, 0.15) is 0 Å². The second kappa shape index (κ2) is 19.9. The number of aryl methyl sites for hydroxylation is 2. The maximum Gasteiger partial charge on any atom is 0.242 e. The number of carbonyl (C=O) groups is 5. The summed E-state index contributed by atoms with van der Waals surface area (Å²) in [5.41, 5.74) is 2.41. The number of rotatable bonds is 19. The maximum atomic E-state index is 13.9. The lowest BCUT2D eigenvalue weighted by Crippen LogP contribution is -2.53. The average molecular weight is 704 g/mol. The van der Waals surface area contributed by atoms with Crippen molar-refractivity contribution < 1.29 is 38.6 Å². The minimum Gasteiger partial charge on any atom is -0.391 e. The van der Waals surface area contributed by atoms with Crippen LogP contribution < -0.4 is 10.6 Å². The molecule has 1 aliphatic heterocycles. The highest BCUT2D eigenvalue weighted by molar-refractivity contribution is 6.00. The van der Waals surface area contributed by atoms with Crippen molar-refractivity contribution in [2.75, 3.05) is 55.0 Å². The molecule has 3 N–H and O–H groups in total. The molecule has 1 aromatic carbocycles. The lowest BCUT2D eigenvalue weighted by molar-refractivity contribution is -0.145. The van der Waals surface area contributed by atoms with E-state index in [0.29, 0.717) is 18.4 Å². The molecule has 13 heteroatoms. The zero-order chi connectivity index (χ0) is 37.9. The fraction of sp³-hybridized carbons (Fsp3) is 0.703. The number of amides is 4. The van der Waals surface area contributed by atoms with Gasteiger partial charge < -0.3 is 35.0 Å². The van der Waals surface area contributed by atoms with E-state index in [-0.39, 0.29) is 67.9 Å². The van der Waals surface area contributed by atoms with E-state index in [2.05, 4.69) is 10.6 Å². The molecule has 0 radical (unpaired) electrons. The fourth-order valence-corrected chi connectivity index (χ4v) is 7.14. The number of ether oxygens (including phenoxy) is 2. The second-order valence-electron chi connectivity index (χ2n) is 14.2. The highest BCUT2D eigenvalue weighted by atomic mass is 16.5. The number of methoxy groups -OCH3 is 2. The Kier molecular flexibility index (Phi) is 17.0. The van der Waals surface area contributed by atoms with Gasteiger partial charge in [-0.25, -0.2) is 0 Å². The van der Waals surface area contributed by atoms with Crippen LogP contribution in [-0.2, 0) is 28.7 Å². The van der Waals surface area contributed by atoms with E-state index in [1.807, 2.05) is 65.7 Å². The average Bonchev–Trinajstić information content (AvgIpc) is 3.44. The molecule has 13 nitrogen and oxygen atoms in total. The number of hydrogen-bond acceptors (Lipinski definition) is 9. The number of Topliss-reactive ketones (excluding diaryl/α,β-unsaturated/α-hetero) is 1. The Morgan fingerprint density at radius 3 is 2.16 bits per heavy atom.